The monoisotopic (exact) mass is 480 g/mol. The van der Waals surface area contributed by atoms with Crippen LogP contribution in [0, 0.1) is 11.3 Å². The van der Waals surface area contributed by atoms with Gasteiger partial charge in [-0.15, -0.1) is 0 Å². The largest absolute Gasteiger partial charge is 0.488 e. The molecule has 3 rings (SSSR count). The van der Waals surface area contributed by atoms with E-state index in [4.69, 9.17) is 27.9 Å². The van der Waals surface area contributed by atoms with Crippen LogP contribution in [-0.2, 0) is 16.1 Å². The number of ether oxygens (including phenoxy) is 2. The van der Waals surface area contributed by atoms with Crippen molar-refractivity contribution >= 4 is 46.8 Å². The van der Waals surface area contributed by atoms with E-state index >= 15 is 0 Å². The molecule has 33 heavy (non-hydrogen) atoms. The van der Waals surface area contributed by atoms with Crippen LogP contribution < -0.4 is 10.1 Å². The van der Waals surface area contributed by atoms with Crippen molar-refractivity contribution in [3.05, 3.63) is 99.0 Å². The molecule has 0 fully saturated rings. The summed E-state index contributed by atoms with van der Waals surface area (Å²) in [6, 6.07) is 20.2. The van der Waals surface area contributed by atoms with Gasteiger partial charge in [0.1, 0.15) is 24.0 Å². The van der Waals surface area contributed by atoms with Gasteiger partial charge in [0, 0.05) is 26.9 Å². The lowest BCUT2D eigenvalue weighted by Crippen LogP contribution is -2.13. The zero-order valence-electron chi connectivity index (χ0n) is 17.5. The number of rotatable bonds is 7. The van der Waals surface area contributed by atoms with Gasteiger partial charge >= 0.3 is 5.97 Å². The molecule has 0 radical (unpaired) electrons. The van der Waals surface area contributed by atoms with Gasteiger partial charge in [0.25, 0.3) is 5.91 Å². The van der Waals surface area contributed by atoms with Crippen molar-refractivity contribution < 1.29 is 19.1 Å². The summed E-state index contributed by atoms with van der Waals surface area (Å²) in [4.78, 5) is 24.2. The summed E-state index contributed by atoms with van der Waals surface area (Å²) >= 11 is 12.1. The van der Waals surface area contributed by atoms with E-state index in [2.05, 4.69) is 10.1 Å². The van der Waals surface area contributed by atoms with E-state index < -0.39 is 11.9 Å². The summed E-state index contributed by atoms with van der Waals surface area (Å²) in [6.07, 6.45) is 1.44. The van der Waals surface area contributed by atoms with Crippen LogP contribution in [0.1, 0.15) is 21.5 Å². The number of methoxy groups -OCH3 is 1. The Morgan fingerprint density at radius 3 is 2.45 bits per heavy atom. The minimum atomic E-state index is -0.598. The number of carbonyl (C=O) groups excluding carboxylic acids is 2. The molecule has 3 aromatic rings. The van der Waals surface area contributed by atoms with Crippen LogP contribution in [0.15, 0.2) is 72.3 Å². The van der Waals surface area contributed by atoms with E-state index in [9.17, 15) is 14.9 Å². The second kappa shape index (κ2) is 11.2. The van der Waals surface area contributed by atoms with Crippen molar-refractivity contribution in [1.82, 2.24) is 0 Å². The third-order valence-electron chi connectivity index (χ3n) is 4.55. The number of benzene rings is 3. The van der Waals surface area contributed by atoms with Crippen LogP contribution in [0.25, 0.3) is 6.08 Å². The predicted octanol–water partition coefficient (Wildman–Crippen LogP) is 5.90. The Bertz CT molecular complexity index is 1250. The highest BCUT2D eigenvalue weighted by Gasteiger charge is 2.13. The molecule has 0 aliphatic heterocycles. The molecule has 0 saturated carbocycles. The molecule has 0 atom stereocenters. The number of nitriles is 1. The molecular weight excluding hydrogens is 463 g/mol. The quantitative estimate of drug-likeness (QED) is 0.258. The average molecular weight is 481 g/mol. The molecule has 1 N–H and O–H groups in total. The van der Waals surface area contributed by atoms with Crippen molar-refractivity contribution in [3.8, 4) is 11.8 Å². The molecule has 8 heteroatoms. The third kappa shape index (κ3) is 6.36. The van der Waals surface area contributed by atoms with Gasteiger partial charge in [0.2, 0.25) is 0 Å². The van der Waals surface area contributed by atoms with Crippen LogP contribution >= 0.6 is 23.2 Å². The van der Waals surface area contributed by atoms with E-state index in [-0.39, 0.29) is 12.2 Å². The number of esters is 1. The molecule has 3 aromatic carbocycles. The first-order valence-electron chi connectivity index (χ1n) is 9.68. The highest BCUT2D eigenvalue weighted by molar-refractivity contribution is 6.35. The van der Waals surface area contributed by atoms with Gasteiger partial charge in [0.05, 0.1) is 12.7 Å². The standard InChI is InChI=1S/C25H18Cl2N2O4/c1-32-25(31)16-7-10-21(11-8-16)29-24(30)19(14-28)12-17-4-2-3-5-23(17)33-15-18-6-9-20(26)13-22(18)27/h2-13H,15H2,1H3,(H,29,30)/b19-12+. The maximum Gasteiger partial charge on any atom is 0.337 e. The number of nitrogens with one attached hydrogen (secondary N) is 1. The summed E-state index contributed by atoms with van der Waals surface area (Å²) in [5.74, 6) is -0.604. The van der Waals surface area contributed by atoms with Crippen LogP contribution in [0.3, 0.4) is 0 Å². The van der Waals surface area contributed by atoms with Gasteiger partial charge in [-0.25, -0.2) is 4.79 Å². The lowest BCUT2D eigenvalue weighted by Gasteiger charge is -2.11. The number of nitrogens with zero attached hydrogens (tertiary/aromatic N) is 1. The molecule has 166 valence electrons. The minimum Gasteiger partial charge on any atom is -0.488 e. The van der Waals surface area contributed by atoms with Crippen molar-refractivity contribution in [2.45, 2.75) is 6.61 Å². The fourth-order valence-electron chi connectivity index (χ4n) is 2.84. The summed E-state index contributed by atoms with van der Waals surface area (Å²) < 4.78 is 10.5. The van der Waals surface area contributed by atoms with E-state index in [0.29, 0.717) is 32.6 Å². The number of anilines is 1. The van der Waals surface area contributed by atoms with Crippen LogP contribution in [0.4, 0.5) is 5.69 Å². The lowest BCUT2D eigenvalue weighted by atomic mass is 10.1. The second-order valence-corrected chi connectivity index (χ2v) is 7.60. The zero-order chi connectivity index (χ0) is 23.8. The molecular formula is C25H18Cl2N2O4. The number of hydrogen-bond acceptors (Lipinski definition) is 5. The molecule has 6 nitrogen and oxygen atoms in total. The summed E-state index contributed by atoms with van der Waals surface area (Å²) in [5, 5.41) is 13.2. The zero-order valence-corrected chi connectivity index (χ0v) is 19.0. The maximum atomic E-state index is 12.6. The Labute approximate surface area is 201 Å². The van der Waals surface area contributed by atoms with Gasteiger partial charge in [-0.1, -0.05) is 47.5 Å². The van der Waals surface area contributed by atoms with E-state index in [1.165, 1.54) is 25.3 Å². The van der Waals surface area contributed by atoms with Gasteiger partial charge in [-0.3, -0.25) is 4.79 Å². The lowest BCUT2D eigenvalue weighted by molar-refractivity contribution is -0.112. The van der Waals surface area contributed by atoms with Gasteiger partial charge in [0.15, 0.2) is 0 Å². The number of amides is 1. The van der Waals surface area contributed by atoms with Gasteiger partial charge in [-0.2, -0.15) is 5.26 Å². The molecule has 0 heterocycles. The van der Waals surface area contributed by atoms with Crippen LogP contribution in [0.5, 0.6) is 5.75 Å². The summed E-state index contributed by atoms with van der Waals surface area (Å²) in [7, 11) is 1.29. The molecule has 0 aliphatic rings. The van der Waals surface area contributed by atoms with Gasteiger partial charge in [-0.05, 0) is 48.5 Å². The predicted molar refractivity (Wildman–Crippen MR) is 127 cm³/mol. The first-order valence-corrected chi connectivity index (χ1v) is 10.4. The van der Waals surface area contributed by atoms with Crippen LogP contribution in [-0.4, -0.2) is 19.0 Å². The number of halogens is 2. The Morgan fingerprint density at radius 2 is 1.79 bits per heavy atom. The number of carbonyl (C=O) groups is 2. The van der Waals surface area contributed by atoms with Gasteiger partial charge < -0.3 is 14.8 Å². The van der Waals surface area contributed by atoms with E-state index in [1.54, 1.807) is 54.6 Å². The van der Waals surface area contributed by atoms with Crippen molar-refractivity contribution in [2.24, 2.45) is 0 Å². The molecule has 0 unspecified atom stereocenters. The first kappa shape index (κ1) is 23.9. The highest BCUT2D eigenvalue weighted by atomic mass is 35.5. The molecule has 0 aliphatic carbocycles. The smallest absolute Gasteiger partial charge is 0.337 e. The van der Waals surface area contributed by atoms with Crippen molar-refractivity contribution in [3.63, 3.8) is 0 Å². The Kier molecular flexibility index (Phi) is 8.09. The Morgan fingerprint density at radius 1 is 1.06 bits per heavy atom. The average Bonchev–Trinajstić information content (AvgIpc) is 2.82. The van der Waals surface area contributed by atoms with E-state index in [0.717, 1.165) is 5.56 Å². The maximum absolute atomic E-state index is 12.6. The topological polar surface area (TPSA) is 88.4 Å². The minimum absolute atomic E-state index is 0.118. The third-order valence-corrected chi connectivity index (χ3v) is 5.13. The molecule has 0 spiro atoms. The fourth-order valence-corrected chi connectivity index (χ4v) is 3.30. The Hall–Kier alpha value is -3.79. The van der Waals surface area contributed by atoms with E-state index in [1.807, 2.05) is 6.07 Å². The van der Waals surface area contributed by atoms with Crippen molar-refractivity contribution in [1.29, 1.82) is 5.26 Å². The molecule has 0 saturated heterocycles. The Balaban J connectivity index is 1.76. The molecule has 0 bridgehead atoms. The number of para-hydroxylation sites is 1. The second-order valence-electron chi connectivity index (χ2n) is 6.76. The van der Waals surface area contributed by atoms with Crippen molar-refractivity contribution in [2.75, 3.05) is 12.4 Å². The molecule has 0 aromatic heterocycles. The van der Waals surface area contributed by atoms with Crippen LogP contribution in [0.2, 0.25) is 10.0 Å². The molecule has 1 amide bonds. The first-order chi connectivity index (χ1) is 15.9. The normalized spacial score (nSPS) is 10.8. The summed E-state index contributed by atoms with van der Waals surface area (Å²) in [6.45, 7) is 0.182. The highest BCUT2D eigenvalue weighted by Crippen LogP contribution is 2.26. The number of hydrogen-bond donors (Lipinski definition) is 1. The fraction of sp³-hybridized carbons (Fsp3) is 0.0800. The SMILES string of the molecule is COC(=O)c1ccc(NC(=O)/C(C#N)=C/c2ccccc2OCc2ccc(Cl)cc2Cl)cc1. The summed E-state index contributed by atoms with van der Waals surface area (Å²) in [5.41, 5.74) is 1.95.